The molecule has 1 N–H and O–H groups in total. The summed E-state index contributed by atoms with van der Waals surface area (Å²) >= 11 is 1.44. The number of rotatable bonds is 5. The number of halogens is 3. The largest absolute Gasteiger partial charge is 0.423 e. The van der Waals surface area contributed by atoms with E-state index in [1.165, 1.54) is 22.9 Å². The molecule has 31 heavy (non-hydrogen) atoms. The van der Waals surface area contributed by atoms with Gasteiger partial charge in [0.05, 0.1) is 29.5 Å². The van der Waals surface area contributed by atoms with Crippen LogP contribution in [0.4, 0.5) is 13.2 Å². The quantitative estimate of drug-likeness (QED) is 0.499. The Kier molecular flexibility index (Phi) is 5.20. The average Bonchev–Trinajstić information content (AvgIpc) is 3.43. The summed E-state index contributed by atoms with van der Waals surface area (Å²) in [5.41, 5.74) is 1.07. The number of nitriles is 1. The van der Waals surface area contributed by atoms with Gasteiger partial charge < -0.3 is 5.11 Å². The van der Waals surface area contributed by atoms with E-state index in [0.29, 0.717) is 11.1 Å². The number of benzene rings is 1. The van der Waals surface area contributed by atoms with E-state index >= 15 is 0 Å². The fraction of sp³-hybridized carbons (Fsp3) is 0.250. The summed E-state index contributed by atoms with van der Waals surface area (Å²) in [5.74, 6) is 0. The van der Waals surface area contributed by atoms with Crippen LogP contribution in [0.2, 0.25) is 0 Å². The zero-order valence-electron chi connectivity index (χ0n) is 16.1. The van der Waals surface area contributed by atoms with E-state index in [1.807, 2.05) is 17.5 Å². The number of nitrogens with zero attached hydrogens (tertiary/aromatic N) is 6. The van der Waals surface area contributed by atoms with E-state index in [0.717, 1.165) is 22.8 Å². The molecule has 0 unspecified atom stereocenters. The molecule has 158 valence electrons. The van der Waals surface area contributed by atoms with Crippen LogP contribution < -0.4 is 0 Å². The van der Waals surface area contributed by atoms with E-state index in [9.17, 15) is 23.5 Å². The summed E-state index contributed by atoms with van der Waals surface area (Å²) in [6.07, 6.45) is -4.36. The lowest BCUT2D eigenvalue weighted by Gasteiger charge is -2.26. The molecule has 0 radical (unpaired) electrons. The molecule has 3 heterocycles. The Labute approximate surface area is 178 Å². The molecule has 1 aromatic carbocycles. The van der Waals surface area contributed by atoms with Crippen molar-refractivity contribution in [3.63, 3.8) is 0 Å². The molecular formula is C20H15F3N6OS. The minimum absolute atomic E-state index is 0.116. The van der Waals surface area contributed by atoms with Gasteiger partial charge in [0, 0.05) is 16.3 Å². The van der Waals surface area contributed by atoms with Crippen molar-refractivity contribution in [2.24, 2.45) is 0 Å². The average molecular weight is 444 g/mol. The maximum absolute atomic E-state index is 13.3. The van der Waals surface area contributed by atoms with Crippen LogP contribution in [-0.4, -0.2) is 36.2 Å². The molecule has 11 heteroatoms. The van der Waals surface area contributed by atoms with Crippen molar-refractivity contribution in [3.05, 3.63) is 58.3 Å². The molecule has 7 nitrogen and oxygen atoms in total. The summed E-state index contributed by atoms with van der Waals surface area (Å²) in [5, 5.41) is 29.3. The van der Waals surface area contributed by atoms with Gasteiger partial charge in [-0.15, -0.1) is 16.4 Å². The smallest absolute Gasteiger partial charge is 0.375 e. The van der Waals surface area contributed by atoms with Gasteiger partial charge in [0.25, 0.3) is 0 Å². The molecule has 0 spiro atoms. The van der Waals surface area contributed by atoms with Gasteiger partial charge in [-0.3, -0.25) is 0 Å². The number of alkyl halides is 3. The van der Waals surface area contributed by atoms with Crippen LogP contribution >= 0.6 is 11.3 Å². The first kappa shape index (κ1) is 20.9. The lowest BCUT2D eigenvalue weighted by atomic mass is 9.96. The van der Waals surface area contributed by atoms with Crippen molar-refractivity contribution in [2.75, 3.05) is 0 Å². The van der Waals surface area contributed by atoms with E-state index in [4.69, 9.17) is 0 Å². The van der Waals surface area contributed by atoms with Crippen LogP contribution in [0.1, 0.15) is 30.3 Å². The summed E-state index contributed by atoms with van der Waals surface area (Å²) < 4.78 is 41.0. The van der Waals surface area contributed by atoms with E-state index in [2.05, 4.69) is 20.3 Å². The Balaban J connectivity index is 1.69. The lowest BCUT2D eigenvalue weighted by molar-refractivity contribution is -0.269. The monoisotopic (exact) mass is 444 g/mol. The van der Waals surface area contributed by atoms with Crippen LogP contribution in [0, 0.1) is 11.3 Å². The van der Waals surface area contributed by atoms with E-state index in [-0.39, 0.29) is 12.2 Å². The Bertz CT molecular complexity index is 1280. The highest BCUT2D eigenvalue weighted by molar-refractivity contribution is 7.07. The molecule has 0 saturated carbocycles. The second-order valence-corrected chi connectivity index (χ2v) is 7.62. The number of aromatic nitrogens is 5. The molecule has 0 bridgehead atoms. The van der Waals surface area contributed by atoms with Crippen molar-refractivity contribution < 1.29 is 18.3 Å². The first-order chi connectivity index (χ1) is 14.7. The lowest BCUT2D eigenvalue weighted by Crippen LogP contribution is -2.42. The fourth-order valence-corrected chi connectivity index (χ4v) is 3.82. The minimum atomic E-state index is -4.87. The number of aliphatic hydroxyl groups is 1. The Morgan fingerprint density at radius 1 is 1.26 bits per heavy atom. The van der Waals surface area contributed by atoms with Crippen LogP contribution in [0.5, 0.6) is 0 Å². The zero-order valence-corrected chi connectivity index (χ0v) is 16.9. The van der Waals surface area contributed by atoms with Crippen molar-refractivity contribution >= 4 is 22.2 Å². The van der Waals surface area contributed by atoms with Gasteiger partial charge in [0.1, 0.15) is 17.5 Å². The highest BCUT2D eigenvalue weighted by Crippen LogP contribution is 2.40. The third-order valence-corrected chi connectivity index (χ3v) is 5.57. The van der Waals surface area contributed by atoms with Gasteiger partial charge in [-0.1, -0.05) is 24.3 Å². The maximum Gasteiger partial charge on any atom is 0.423 e. The van der Waals surface area contributed by atoms with Gasteiger partial charge in [-0.25, -0.2) is 14.6 Å². The molecule has 3 aromatic heterocycles. The Hall–Kier alpha value is -3.36. The Morgan fingerprint density at radius 3 is 2.71 bits per heavy atom. The molecule has 1 atom stereocenters. The molecule has 4 aromatic rings. The standard InChI is InChI=1S/C20H15F3N6OS/c1-2-19(30,20(21,22)23)18-9-29(28-27-18)8-12-3-4-14-15(17-10-31-11-25-17)6-13(7-24)26-16(14)5-12/h3-6,9-11,30H,2,8H2,1H3/t19-/m0/s1. The molecule has 0 amide bonds. The first-order valence-electron chi connectivity index (χ1n) is 9.17. The van der Waals surface area contributed by atoms with E-state index in [1.54, 1.807) is 23.7 Å². The predicted molar refractivity (Wildman–Crippen MR) is 107 cm³/mol. The summed E-state index contributed by atoms with van der Waals surface area (Å²) in [6.45, 7) is 1.35. The number of hydrogen-bond donors (Lipinski definition) is 1. The molecule has 0 aliphatic rings. The number of pyridine rings is 1. The highest BCUT2D eigenvalue weighted by Gasteiger charge is 2.55. The second kappa shape index (κ2) is 7.72. The zero-order chi connectivity index (χ0) is 22.2. The Morgan fingerprint density at radius 2 is 2.06 bits per heavy atom. The third-order valence-electron chi connectivity index (χ3n) is 4.98. The molecule has 0 fully saturated rings. The van der Waals surface area contributed by atoms with Crippen LogP contribution in [-0.2, 0) is 12.1 Å². The second-order valence-electron chi connectivity index (χ2n) is 6.90. The SMILES string of the molecule is CC[C@](O)(c1cn(Cc2ccc3c(-c4cscn4)cc(C#N)nc3c2)nn1)C(F)(F)F. The number of thiazole rings is 1. The van der Waals surface area contributed by atoms with Gasteiger partial charge in [0.2, 0.25) is 5.60 Å². The molecule has 0 aliphatic heterocycles. The van der Waals surface area contributed by atoms with E-state index < -0.39 is 23.9 Å². The number of hydrogen-bond acceptors (Lipinski definition) is 7. The van der Waals surface area contributed by atoms with Gasteiger partial charge >= 0.3 is 6.18 Å². The highest BCUT2D eigenvalue weighted by atomic mass is 32.1. The van der Waals surface area contributed by atoms with Crippen molar-refractivity contribution in [1.82, 2.24) is 25.0 Å². The minimum Gasteiger partial charge on any atom is -0.375 e. The fourth-order valence-electron chi connectivity index (χ4n) is 3.27. The summed E-state index contributed by atoms with van der Waals surface area (Å²) in [7, 11) is 0. The number of fused-ring (bicyclic) bond motifs is 1. The summed E-state index contributed by atoms with van der Waals surface area (Å²) in [6, 6.07) is 9.06. The topological polar surface area (TPSA) is 101 Å². The van der Waals surface area contributed by atoms with Crippen LogP contribution in [0.3, 0.4) is 0 Å². The molecule has 4 rings (SSSR count). The van der Waals surface area contributed by atoms with Gasteiger partial charge in [-0.05, 0) is 24.1 Å². The first-order valence-corrected chi connectivity index (χ1v) is 10.1. The summed E-state index contributed by atoms with van der Waals surface area (Å²) in [4.78, 5) is 8.64. The maximum atomic E-state index is 13.3. The molecule has 0 aliphatic carbocycles. The van der Waals surface area contributed by atoms with Gasteiger partial charge in [0.15, 0.2) is 0 Å². The third kappa shape index (κ3) is 3.75. The van der Waals surface area contributed by atoms with Crippen LogP contribution in [0.15, 0.2) is 41.4 Å². The van der Waals surface area contributed by atoms with Crippen molar-refractivity contribution in [1.29, 1.82) is 5.26 Å². The molecular weight excluding hydrogens is 429 g/mol. The predicted octanol–water partition coefficient (Wildman–Crippen LogP) is 4.03. The normalized spacial score (nSPS) is 13.8. The van der Waals surface area contributed by atoms with Crippen molar-refractivity contribution in [2.45, 2.75) is 31.7 Å². The molecule has 0 saturated heterocycles. The van der Waals surface area contributed by atoms with Crippen LogP contribution in [0.25, 0.3) is 22.2 Å². The van der Waals surface area contributed by atoms with Gasteiger partial charge in [-0.2, -0.15) is 18.4 Å². The van der Waals surface area contributed by atoms with Crippen molar-refractivity contribution in [3.8, 4) is 17.3 Å².